The van der Waals surface area contributed by atoms with Crippen LogP contribution in [-0.2, 0) is 7.05 Å². The summed E-state index contributed by atoms with van der Waals surface area (Å²) in [5.41, 5.74) is 8.73. The fraction of sp³-hybridized carbons (Fsp3) is 0.524. The summed E-state index contributed by atoms with van der Waals surface area (Å²) < 4.78 is 2.08. The Hall–Kier alpha value is -2.10. The molecule has 30 heavy (non-hydrogen) atoms. The highest BCUT2D eigenvalue weighted by Crippen LogP contribution is 2.30. The summed E-state index contributed by atoms with van der Waals surface area (Å²) in [6.45, 7) is 6.71. The maximum Gasteiger partial charge on any atom is 0.293 e. The van der Waals surface area contributed by atoms with Crippen LogP contribution in [0.25, 0.3) is 0 Å². The molecule has 9 heteroatoms. The molecule has 0 saturated carbocycles. The van der Waals surface area contributed by atoms with Gasteiger partial charge in [-0.25, -0.2) is 4.98 Å². The minimum Gasteiger partial charge on any atom is -0.397 e. The zero-order chi connectivity index (χ0) is 21.3. The fourth-order valence-corrected chi connectivity index (χ4v) is 4.85. The Morgan fingerprint density at radius 1 is 1.10 bits per heavy atom. The molecule has 0 radical (unpaired) electrons. The third kappa shape index (κ3) is 4.63. The van der Waals surface area contributed by atoms with Crippen molar-refractivity contribution in [3.05, 3.63) is 39.4 Å². The number of likely N-dealkylation sites (N-methyl/N-ethyl adjacent to an activating group) is 1. The summed E-state index contributed by atoms with van der Waals surface area (Å²) in [7, 11) is 3.90. The first-order valence-electron chi connectivity index (χ1n) is 10.5. The zero-order valence-electron chi connectivity index (χ0n) is 17.6. The number of nitrogen functional groups attached to an aromatic ring is 1. The van der Waals surface area contributed by atoms with Crippen LogP contribution >= 0.6 is 15.9 Å². The maximum absolute atomic E-state index is 12.3. The number of piperidine rings is 1. The minimum absolute atomic E-state index is 0.188. The lowest BCUT2D eigenvalue weighted by Gasteiger charge is -2.42. The van der Waals surface area contributed by atoms with Crippen LogP contribution in [0.3, 0.4) is 0 Å². The minimum atomic E-state index is -0.188. The maximum atomic E-state index is 12.3. The van der Waals surface area contributed by atoms with E-state index in [4.69, 9.17) is 5.73 Å². The highest BCUT2D eigenvalue weighted by molar-refractivity contribution is 9.10. The van der Waals surface area contributed by atoms with E-state index in [0.717, 1.165) is 37.6 Å². The van der Waals surface area contributed by atoms with Gasteiger partial charge >= 0.3 is 0 Å². The number of anilines is 4. The molecule has 162 valence electrons. The van der Waals surface area contributed by atoms with Crippen molar-refractivity contribution in [3.8, 4) is 0 Å². The largest absolute Gasteiger partial charge is 0.397 e. The standard InChI is InChI=1S/C21H30BrN7O/c1-26-9-11-28(12-10-26)16-5-7-29(8-6-16)18-4-3-15(13-17(18)23)24-20-21(30)27(2)14-19(22)25-20/h3-4,13-14,16H,5-12,23H2,1-2H3,(H,24,25). The van der Waals surface area contributed by atoms with Crippen LogP contribution in [0.5, 0.6) is 0 Å². The normalized spacial score (nSPS) is 19.2. The van der Waals surface area contributed by atoms with Gasteiger partial charge in [0.2, 0.25) is 0 Å². The van der Waals surface area contributed by atoms with Crippen LogP contribution in [0, 0.1) is 0 Å². The monoisotopic (exact) mass is 475 g/mol. The van der Waals surface area contributed by atoms with Gasteiger partial charge in [-0.2, -0.15) is 0 Å². The average molecular weight is 476 g/mol. The number of rotatable bonds is 4. The van der Waals surface area contributed by atoms with E-state index in [9.17, 15) is 4.79 Å². The lowest BCUT2D eigenvalue weighted by molar-refractivity contribution is 0.0982. The topological polar surface area (TPSA) is 82.7 Å². The SMILES string of the molecule is CN1CCN(C2CCN(c3ccc(Nc4nc(Br)cn(C)c4=O)cc3N)CC2)CC1. The third-order valence-corrected chi connectivity index (χ3v) is 6.57. The number of aromatic nitrogens is 2. The van der Waals surface area contributed by atoms with Gasteiger partial charge in [-0.1, -0.05) is 0 Å². The zero-order valence-corrected chi connectivity index (χ0v) is 19.2. The molecular formula is C21H30BrN7O. The number of nitrogens with one attached hydrogen (secondary N) is 1. The number of benzene rings is 1. The van der Waals surface area contributed by atoms with Crippen LogP contribution in [0.4, 0.5) is 22.9 Å². The molecular weight excluding hydrogens is 446 g/mol. The Morgan fingerprint density at radius 2 is 1.80 bits per heavy atom. The van der Waals surface area contributed by atoms with Gasteiger partial charge in [0.15, 0.2) is 5.82 Å². The van der Waals surface area contributed by atoms with E-state index < -0.39 is 0 Å². The molecule has 0 amide bonds. The van der Waals surface area contributed by atoms with Crippen molar-refractivity contribution in [2.75, 3.05) is 62.3 Å². The van der Waals surface area contributed by atoms with Gasteiger partial charge in [-0.15, -0.1) is 0 Å². The molecule has 0 atom stereocenters. The van der Waals surface area contributed by atoms with Crippen molar-refractivity contribution in [2.24, 2.45) is 7.05 Å². The first kappa shape index (κ1) is 21.1. The van der Waals surface area contributed by atoms with Crippen molar-refractivity contribution in [1.29, 1.82) is 0 Å². The Labute approximate surface area is 185 Å². The van der Waals surface area contributed by atoms with Crippen LogP contribution in [0.1, 0.15) is 12.8 Å². The molecule has 0 aliphatic carbocycles. The summed E-state index contributed by atoms with van der Waals surface area (Å²) in [4.78, 5) is 23.9. The van der Waals surface area contributed by atoms with Gasteiger partial charge in [-0.3, -0.25) is 9.69 Å². The molecule has 1 aromatic carbocycles. The second kappa shape index (κ2) is 8.95. The smallest absolute Gasteiger partial charge is 0.293 e. The molecule has 1 aromatic heterocycles. The van der Waals surface area contributed by atoms with Gasteiger partial charge in [0.05, 0.1) is 11.4 Å². The average Bonchev–Trinajstić information content (AvgIpc) is 2.73. The first-order valence-corrected chi connectivity index (χ1v) is 11.3. The van der Waals surface area contributed by atoms with Crippen LogP contribution in [0.2, 0.25) is 0 Å². The van der Waals surface area contributed by atoms with Gasteiger partial charge in [-0.05, 0) is 54.0 Å². The lowest BCUT2D eigenvalue weighted by atomic mass is 10.0. The Kier molecular flexibility index (Phi) is 6.31. The molecule has 3 heterocycles. The van der Waals surface area contributed by atoms with Crippen molar-refractivity contribution in [3.63, 3.8) is 0 Å². The summed E-state index contributed by atoms with van der Waals surface area (Å²) in [6.07, 6.45) is 3.97. The van der Waals surface area contributed by atoms with Crippen LogP contribution in [-0.4, -0.2) is 71.7 Å². The number of hydrogen-bond acceptors (Lipinski definition) is 7. The van der Waals surface area contributed by atoms with E-state index in [0.29, 0.717) is 16.3 Å². The first-order chi connectivity index (χ1) is 14.4. The van der Waals surface area contributed by atoms with Gasteiger partial charge in [0.25, 0.3) is 5.56 Å². The Balaban J connectivity index is 1.40. The predicted octanol–water partition coefficient (Wildman–Crippen LogP) is 2.08. The highest BCUT2D eigenvalue weighted by atomic mass is 79.9. The van der Waals surface area contributed by atoms with Gasteiger partial charge in [0, 0.05) is 64.2 Å². The highest BCUT2D eigenvalue weighted by Gasteiger charge is 2.27. The van der Waals surface area contributed by atoms with Crippen molar-refractivity contribution in [2.45, 2.75) is 18.9 Å². The number of nitrogens with two attached hydrogens (primary N) is 1. The molecule has 3 N–H and O–H groups in total. The van der Waals surface area contributed by atoms with Gasteiger partial charge in [0.1, 0.15) is 4.60 Å². The van der Waals surface area contributed by atoms with Gasteiger partial charge < -0.3 is 25.4 Å². The Morgan fingerprint density at radius 3 is 2.47 bits per heavy atom. The van der Waals surface area contributed by atoms with Crippen molar-refractivity contribution in [1.82, 2.24) is 19.4 Å². The third-order valence-electron chi connectivity index (χ3n) is 6.19. The predicted molar refractivity (Wildman–Crippen MR) is 126 cm³/mol. The van der Waals surface area contributed by atoms with E-state index in [1.165, 1.54) is 30.5 Å². The number of nitrogens with zero attached hydrogens (tertiary/aromatic N) is 5. The Bertz CT molecular complexity index is 947. The number of halogens is 1. The lowest BCUT2D eigenvalue weighted by Crippen LogP contribution is -2.52. The molecule has 2 aliphatic heterocycles. The number of aryl methyl sites for hydroxylation is 1. The molecule has 4 rings (SSSR count). The fourth-order valence-electron chi connectivity index (χ4n) is 4.37. The summed E-state index contributed by atoms with van der Waals surface area (Å²) in [6, 6.07) is 6.55. The molecule has 2 aliphatic rings. The van der Waals surface area contributed by atoms with E-state index in [-0.39, 0.29) is 11.4 Å². The van der Waals surface area contributed by atoms with Crippen LogP contribution in [0.15, 0.2) is 33.8 Å². The quantitative estimate of drug-likeness (QED) is 0.654. The van der Waals surface area contributed by atoms with E-state index in [1.807, 2.05) is 18.2 Å². The second-order valence-corrected chi connectivity index (χ2v) is 9.10. The second-order valence-electron chi connectivity index (χ2n) is 8.28. The molecule has 2 aromatic rings. The molecule has 0 spiro atoms. The molecule has 2 saturated heterocycles. The van der Waals surface area contributed by atoms with Crippen LogP contribution < -0.4 is 21.5 Å². The molecule has 0 bridgehead atoms. The number of piperazine rings is 1. The van der Waals surface area contributed by atoms with E-state index in [2.05, 4.69) is 48.0 Å². The van der Waals surface area contributed by atoms with Crippen molar-refractivity contribution >= 4 is 38.8 Å². The summed E-state index contributed by atoms with van der Waals surface area (Å²) in [5.74, 6) is 0.270. The number of hydrogen-bond donors (Lipinski definition) is 2. The summed E-state index contributed by atoms with van der Waals surface area (Å²) >= 11 is 3.33. The van der Waals surface area contributed by atoms with E-state index >= 15 is 0 Å². The molecule has 8 nitrogen and oxygen atoms in total. The summed E-state index contributed by atoms with van der Waals surface area (Å²) in [5, 5.41) is 3.09. The molecule has 2 fully saturated rings. The van der Waals surface area contributed by atoms with E-state index in [1.54, 1.807) is 13.2 Å². The van der Waals surface area contributed by atoms with Crippen molar-refractivity contribution < 1.29 is 0 Å². The molecule has 0 unspecified atom stereocenters.